The van der Waals surface area contributed by atoms with Crippen molar-refractivity contribution in [3.63, 3.8) is 0 Å². The zero-order valence-electron chi connectivity index (χ0n) is 19.1. The van der Waals surface area contributed by atoms with Crippen molar-refractivity contribution in [3.8, 4) is 0 Å². The zero-order chi connectivity index (χ0) is 24.0. The van der Waals surface area contributed by atoms with Gasteiger partial charge in [0.1, 0.15) is 0 Å². The van der Waals surface area contributed by atoms with Crippen molar-refractivity contribution in [2.24, 2.45) is 5.73 Å². The Labute approximate surface area is 195 Å². The second-order valence-corrected chi connectivity index (χ2v) is 10.2. The van der Waals surface area contributed by atoms with E-state index >= 15 is 0 Å². The molecule has 2 aromatic rings. The standard InChI is InChI=1S/C23H31N5O4S/c1-3-33(31,32)28(17-21-8-7-20(15-25-21)23(30)14-24)22-6-4-5-19(13-22)16-26-9-11-27(12-10-26)18(2)29/h4-8,13,15H,3,9-12,14,16-17,24H2,1-2H3. The number of aromatic nitrogens is 1. The van der Waals surface area contributed by atoms with Crippen molar-refractivity contribution in [1.82, 2.24) is 14.8 Å². The van der Waals surface area contributed by atoms with Crippen LogP contribution in [0, 0.1) is 0 Å². The van der Waals surface area contributed by atoms with Crippen molar-refractivity contribution in [1.29, 1.82) is 0 Å². The van der Waals surface area contributed by atoms with Gasteiger partial charge in [-0.3, -0.25) is 23.8 Å². The second-order valence-electron chi connectivity index (χ2n) is 8.02. The fourth-order valence-corrected chi connectivity index (χ4v) is 4.82. The maximum Gasteiger partial charge on any atom is 0.235 e. The molecule has 0 atom stereocenters. The van der Waals surface area contributed by atoms with E-state index in [-0.39, 0.29) is 30.5 Å². The predicted octanol–water partition coefficient (Wildman–Crippen LogP) is 1.24. The van der Waals surface area contributed by atoms with Crippen LogP contribution in [0.25, 0.3) is 0 Å². The Morgan fingerprint density at radius 2 is 1.85 bits per heavy atom. The minimum Gasteiger partial charge on any atom is -0.340 e. The Balaban J connectivity index is 1.78. The fourth-order valence-electron chi connectivity index (χ4n) is 3.74. The summed E-state index contributed by atoms with van der Waals surface area (Å²) in [5.41, 5.74) is 7.89. The van der Waals surface area contributed by atoms with Gasteiger partial charge in [0, 0.05) is 51.4 Å². The Bertz CT molecular complexity index is 1080. The third kappa shape index (κ3) is 6.37. The van der Waals surface area contributed by atoms with E-state index in [1.54, 1.807) is 32.0 Å². The molecule has 1 amide bonds. The molecule has 0 spiro atoms. The second kappa shape index (κ2) is 10.9. The molecule has 10 heteroatoms. The quantitative estimate of drug-likeness (QED) is 0.545. The Morgan fingerprint density at radius 3 is 2.42 bits per heavy atom. The van der Waals surface area contributed by atoms with E-state index < -0.39 is 10.0 Å². The molecule has 0 radical (unpaired) electrons. The van der Waals surface area contributed by atoms with Crippen molar-refractivity contribution >= 4 is 27.4 Å². The molecular weight excluding hydrogens is 442 g/mol. The number of ketones is 1. The van der Waals surface area contributed by atoms with Gasteiger partial charge in [0.2, 0.25) is 15.9 Å². The molecule has 0 unspecified atom stereocenters. The van der Waals surface area contributed by atoms with Crippen LogP contribution >= 0.6 is 0 Å². The summed E-state index contributed by atoms with van der Waals surface area (Å²) in [7, 11) is -3.56. The van der Waals surface area contributed by atoms with Crippen LogP contribution in [0.2, 0.25) is 0 Å². The lowest BCUT2D eigenvalue weighted by molar-refractivity contribution is -0.130. The molecule has 0 bridgehead atoms. The summed E-state index contributed by atoms with van der Waals surface area (Å²) in [5, 5.41) is 0. The molecule has 1 saturated heterocycles. The first-order chi connectivity index (χ1) is 15.7. The number of piperazine rings is 1. The number of Topliss-reactive ketones (excluding diaryl/α,β-unsaturated/α-hetero) is 1. The average molecular weight is 474 g/mol. The molecule has 3 rings (SSSR count). The molecule has 0 aliphatic carbocycles. The number of pyridine rings is 1. The molecule has 33 heavy (non-hydrogen) atoms. The van der Waals surface area contributed by atoms with Crippen LogP contribution in [0.15, 0.2) is 42.6 Å². The number of carbonyl (C=O) groups is 2. The Hall–Kier alpha value is -2.82. The number of sulfonamides is 1. The van der Waals surface area contributed by atoms with Crippen LogP contribution in [0.5, 0.6) is 0 Å². The number of hydrogen-bond donors (Lipinski definition) is 1. The summed E-state index contributed by atoms with van der Waals surface area (Å²) in [5.74, 6) is -0.177. The van der Waals surface area contributed by atoms with Crippen LogP contribution in [-0.4, -0.2) is 73.4 Å². The molecule has 9 nitrogen and oxygen atoms in total. The summed E-state index contributed by atoms with van der Waals surface area (Å²) < 4.78 is 27.2. The molecule has 2 heterocycles. The first kappa shape index (κ1) is 24.8. The molecule has 2 N–H and O–H groups in total. The topological polar surface area (TPSA) is 117 Å². The van der Waals surface area contributed by atoms with Gasteiger partial charge < -0.3 is 10.6 Å². The number of carbonyl (C=O) groups excluding carboxylic acids is 2. The van der Waals surface area contributed by atoms with E-state index in [1.165, 1.54) is 10.5 Å². The first-order valence-electron chi connectivity index (χ1n) is 11.0. The van der Waals surface area contributed by atoms with E-state index in [0.717, 1.165) is 18.7 Å². The van der Waals surface area contributed by atoms with Crippen LogP contribution < -0.4 is 10.0 Å². The normalized spacial score (nSPS) is 14.8. The maximum absolute atomic E-state index is 12.9. The van der Waals surface area contributed by atoms with E-state index in [2.05, 4.69) is 9.88 Å². The van der Waals surface area contributed by atoms with Gasteiger partial charge in [0.05, 0.1) is 30.2 Å². The lowest BCUT2D eigenvalue weighted by Gasteiger charge is -2.34. The number of anilines is 1. The summed E-state index contributed by atoms with van der Waals surface area (Å²) in [4.78, 5) is 31.6. The Kier molecular flexibility index (Phi) is 8.17. The monoisotopic (exact) mass is 473 g/mol. The van der Waals surface area contributed by atoms with Gasteiger partial charge in [-0.2, -0.15) is 0 Å². The highest BCUT2D eigenvalue weighted by atomic mass is 32.2. The molecule has 1 aliphatic heterocycles. The van der Waals surface area contributed by atoms with E-state index in [1.807, 2.05) is 23.1 Å². The van der Waals surface area contributed by atoms with Crippen molar-refractivity contribution < 1.29 is 18.0 Å². The molecular formula is C23H31N5O4S. The van der Waals surface area contributed by atoms with Crippen LogP contribution in [0.3, 0.4) is 0 Å². The van der Waals surface area contributed by atoms with Crippen molar-refractivity contribution in [2.75, 3.05) is 42.8 Å². The largest absolute Gasteiger partial charge is 0.340 e. The summed E-state index contributed by atoms with van der Waals surface area (Å²) in [6.07, 6.45) is 1.43. The molecule has 1 fully saturated rings. The Morgan fingerprint density at radius 1 is 1.12 bits per heavy atom. The smallest absolute Gasteiger partial charge is 0.235 e. The number of amides is 1. The minimum absolute atomic E-state index is 0.0476. The van der Waals surface area contributed by atoms with Crippen molar-refractivity contribution in [2.45, 2.75) is 26.9 Å². The lowest BCUT2D eigenvalue weighted by Crippen LogP contribution is -2.47. The van der Waals surface area contributed by atoms with Crippen LogP contribution in [0.4, 0.5) is 5.69 Å². The average Bonchev–Trinajstić information content (AvgIpc) is 2.82. The summed E-state index contributed by atoms with van der Waals surface area (Å²) in [6.45, 7) is 6.77. The molecule has 1 aliphatic rings. The molecule has 1 aromatic carbocycles. The summed E-state index contributed by atoms with van der Waals surface area (Å²) >= 11 is 0. The fraction of sp³-hybridized carbons (Fsp3) is 0.435. The van der Waals surface area contributed by atoms with Gasteiger partial charge in [0.25, 0.3) is 0 Å². The van der Waals surface area contributed by atoms with Gasteiger partial charge in [-0.15, -0.1) is 0 Å². The van der Waals surface area contributed by atoms with E-state index in [4.69, 9.17) is 5.73 Å². The van der Waals surface area contributed by atoms with E-state index in [0.29, 0.717) is 36.6 Å². The number of nitrogens with two attached hydrogens (primary N) is 1. The van der Waals surface area contributed by atoms with Gasteiger partial charge in [-0.1, -0.05) is 12.1 Å². The van der Waals surface area contributed by atoms with Gasteiger partial charge in [0.15, 0.2) is 5.78 Å². The summed E-state index contributed by atoms with van der Waals surface area (Å²) in [6, 6.07) is 10.8. The third-order valence-electron chi connectivity index (χ3n) is 5.76. The van der Waals surface area contributed by atoms with Crippen molar-refractivity contribution in [3.05, 3.63) is 59.4 Å². The number of hydrogen-bond acceptors (Lipinski definition) is 7. The molecule has 1 aromatic heterocycles. The van der Waals surface area contributed by atoms with Crippen LogP contribution in [0.1, 0.15) is 35.5 Å². The highest BCUT2D eigenvalue weighted by Crippen LogP contribution is 2.23. The molecule has 178 valence electrons. The van der Waals surface area contributed by atoms with Gasteiger partial charge in [-0.25, -0.2) is 8.42 Å². The maximum atomic E-state index is 12.9. The van der Waals surface area contributed by atoms with Crippen LogP contribution in [-0.2, 0) is 27.9 Å². The van der Waals surface area contributed by atoms with Gasteiger partial charge in [-0.05, 0) is 36.8 Å². The molecule has 0 saturated carbocycles. The SMILES string of the molecule is CCS(=O)(=O)N(Cc1ccc(C(=O)CN)cn1)c1cccc(CN2CCN(C(C)=O)CC2)c1. The highest BCUT2D eigenvalue weighted by molar-refractivity contribution is 7.92. The highest BCUT2D eigenvalue weighted by Gasteiger charge is 2.23. The van der Waals surface area contributed by atoms with Gasteiger partial charge >= 0.3 is 0 Å². The predicted molar refractivity (Wildman–Crippen MR) is 127 cm³/mol. The number of benzene rings is 1. The van der Waals surface area contributed by atoms with E-state index in [9.17, 15) is 18.0 Å². The third-order valence-corrected chi connectivity index (χ3v) is 7.50. The zero-order valence-corrected chi connectivity index (χ0v) is 19.9. The minimum atomic E-state index is -3.56. The number of rotatable bonds is 9. The number of nitrogens with zero attached hydrogens (tertiary/aromatic N) is 4. The first-order valence-corrected chi connectivity index (χ1v) is 12.6. The lowest BCUT2D eigenvalue weighted by atomic mass is 10.1.